The van der Waals surface area contributed by atoms with Gasteiger partial charge >= 0.3 is 6.18 Å². The zero-order valence-electron chi connectivity index (χ0n) is 22.2. The molecule has 0 spiro atoms. The Morgan fingerprint density at radius 2 is 1.79 bits per heavy atom. The van der Waals surface area contributed by atoms with Gasteiger partial charge in [-0.3, -0.25) is 4.79 Å². The number of nitrogens with one attached hydrogen (secondary N) is 3. The minimum atomic E-state index is -4.56. The third-order valence-electron chi connectivity index (χ3n) is 5.88. The number of rotatable bonds is 8. The Bertz CT molecular complexity index is 1500. The molecule has 0 atom stereocenters. The van der Waals surface area contributed by atoms with Crippen LogP contribution in [0.3, 0.4) is 0 Å². The fourth-order valence-electron chi connectivity index (χ4n) is 3.98. The predicted octanol–water partition coefficient (Wildman–Crippen LogP) is 5.40. The van der Waals surface area contributed by atoms with Crippen LogP contribution in [0.1, 0.15) is 32.7 Å². The van der Waals surface area contributed by atoms with Crippen LogP contribution in [0.15, 0.2) is 54.9 Å². The summed E-state index contributed by atoms with van der Waals surface area (Å²) < 4.78 is 41.8. The van der Waals surface area contributed by atoms with E-state index in [-0.39, 0.29) is 5.56 Å². The molecule has 0 radical (unpaired) electrons. The summed E-state index contributed by atoms with van der Waals surface area (Å²) in [4.78, 5) is 23.4. The van der Waals surface area contributed by atoms with Crippen LogP contribution in [0.2, 0.25) is 0 Å². The number of aryl methyl sites for hydroxylation is 2. The zero-order chi connectivity index (χ0) is 28.3. The molecule has 4 rings (SSSR count). The maximum Gasteiger partial charge on any atom is 0.416 e. The Hall–Kier alpha value is -4.45. The second-order valence-electron chi connectivity index (χ2n) is 9.31. The Balaban J connectivity index is 1.63. The number of nitrogens with zero attached hydrogens (tertiary/aromatic N) is 5. The maximum absolute atomic E-state index is 13.4. The van der Waals surface area contributed by atoms with Gasteiger partial charge in [0.1, 0.15) is 18.0 Å². The molecule has 0 saturated carbocycles. The molecule has 4 aromatic rings. The van der Waals surface area contributed by atoms with Crippen molar-refractivity contribution in [2.24, 2.45) is 0 Å². The zero-order valence-corrected chi connectivity index (χ0v) is 22.2. The Labute approximate surface area is 224 Å². The van der Waals surface area contributed by atoms with Gasteiger partial charge in [-0.1, -0.05) is 12.1 Å². The van der Waals surface area contributed by atoms with Gasteiger partial charge in [-0.25, -0.2) is 9.97 Å². The molecular weight excluding hydrogens is 509 g/mol. The lowest BCUT2D eigenvalue weighted by Crippen LogP contribution is -2.20. The fraction of sp³-hybridized carbons (Fsp3) is 0.259. The maximum atomic E-state index is 13.4. The molecule has 9 nitrogen and oxygen atoms in total. The lowest BCUT2D eigenvalue weighted by Gasteiger charge is -2.17. The van der Waals surface area contributed by atoms with Gasteiger partial charge in [-0.05, 0) is 63.3 Å². The largest absolute Gasteiger partial charge is 0.416 e. The molecule has 2 heterocycles. The summed E-state index contributed by atoms with van der Waals surface area (Å²) >= 11 is 0. The normalized spacial score (nSPS) is 11.5. The number of halogens is 3. The molecule has 1 amide bonds. The summed E-state index contributed by atoms with van der Waals surface area (Å²) in [6.07, 6.45) is -3.13. The standard InChI is InChI=1S/C27H29F3N8O/c1-16-6-9-20(34-26(39)21-11-19(27(28,29)30)8-7-18(21)14-37(4)5)12-22(16)35-25-10-17(2)36-38(25)24-13-23(31-3)32-15-33-24/h6-13,15,35H,14H2,1-5H3,(H,34,39)(H,31,32,33). The van der Waals surface area contributed by atoms with Gasteiger partial charge in [-0.15, -0.1) is 0 Å². The minimum Gasteiger partial charge on any atom is -0.373 e. The van der Waals surface area contributed by atoms with Crippen LogP contribution in [0.5, 0.6) is 0 Å². The highest BCUT2D eigenvalue weighted by Gasteiger charge is 2.32. The molecule has 204 valence electrons. The third kappa shape index (κ3) is 6.52. The number of benzene rings is 2. The smallest absolute Gasteiger partial charge is 0.373 e. The van der Waals surface area contributed by atoms with Gasteiger partial charge in [-0.2, -0.15) is 23.0 Å². The first-order valence-corrected chi connectivity index (χ1v) is 12.1. The quantitative estimate of drug-likeness (QED) is 0.276. The number of carbonyl (C=O) groups is 1. The average Bonchev–Trinajstić information content (AvgIpc) is 3.25. The fourth-order valence-corrected chi connectivity index (χ4v) is 3.98. The van der Waals surface area contributed by atoms with Gasteiger partial charge in [0.25, 0.3) is 5.91 Å². The van der Waals surface area contributed by atoms with Gasteiger partial charge in [0.05, 0.1) is 11.3 Å². The molecular formula is C27H29F3N8O. The van der Waals surface area contributed by atoms with Crippen molar-refractivity contribution in [2.75, 3.05) is 37.1 Å². The van der Waals surface area contributed by atoms with E-state index in [1.165, 1.54) is 12.4 Å². The van der Waals surface area contributed by atoms with Crippen LogP contribution < -0.4 is 16.0 Å². The molecule has 0 saturated heterocycles. The Kier molecular flexibility index (Phi) is 7.86. The first-order chi connectivity index (χ1) is 18.4. The first-order valence-electron chi connectivity index (χ1n) is 12.1. The van der Waals surface area contributed by atoms with E-state index >= 15 is 0 Å². The van der Waals surface area contributed by atoms with Crippen molar-refractivity contribution in [3.05, 3.63) is 82.8 Å². The minimum absolute atomic E-state index is 0.0357. The summed E-state index contributed by atoms with van der Waals surface area (Å²) in [5.41, 5.74) is 2.30. The summed E-state index contributed by atoms with van der Waals surface area (Å²) in [7, 11) is 5.32. The van der Waals surface area contributed by atoms with E-state index in [2.05, 4.69) is 31.0 Å². The highest BCUT2D eigenvalue weighted by molar-refractivity contribution is 6.05. The van der Waals surface area contributed by atoms with Crippen LogP contribution in [0.25, 0.3) is 5.82 Å². The van der Waals surface area contributed by atoms with E-state index in [0.29, 0.717) is 40.9 Å². The van der Waals surface area contributed by atoms with Crippen LogP contribution in [0, 0.1) is 13.8 Å². The summed E-state index contributed by atoms with van der Waals surface area (Å²) in [6, 6.07) is 12.1. The van der Waals surface area contributed by atoms with Gasteiger partial charge in [0.15, 0.2) is 5.82 Å². The number of hydrogen-bond acceptors (Lipinski definition) is 7. The SMILES string of the molecule is CNc1cc(-n2nc(C)cc2Nc2cc(NC(=O)c3cc(C(F)(F)F)ccc3CN(C)C)ccc2C)ncn1. The van der Waals surface area contributed by atoms with E-state index in [0.717, 1.165) is 23.4 Å². The number of amides is 1. The topological polar surface area (TPSA) is 100 Å². The molecule has 0 bridgehead atoms. The van der Waals surface area contributed by atoms with E-state index in [1.807, 2.05) is 26.0 Å². The lowest BCUT2D eigenvalue weighted by molar-refractivity contribution is -0.137. The van der Waals surface area contributed by atoms with Crippen LogP contribution >= 0.6 is 0 Å². The summed E-state index contributed by atoms with van der Waals surface area (Å²) in [6.45, 7) is 4.06. The molecule has 2 aromatic heterocycles. The Morgan fingerprint density at radius 1 is 1.03 bits per heavy atom. The number of aromatic nitrogens is 4. The van der Waals surface area contributed by atoms with Crippen molar-refractivity contribution in [1.82, 2.24) is 24.6 Å². The van der Waals surface area contributed by atoms with Crippen molar-refractivity contribution < 1.29 is 18.0 Å². The van der Waals surface area contributed by atoms with E-state index < -0.39 is 17.6 Å². The van der Waals surface area contributed by atoms with E-state index in [9.17, 15) is 18.0 Å². The number of hydrogen-bond donors (Lipinski definition) is 3. The number of anilines is 4. The molecule has 0 aliphatic heterocycles. The summed E-state index contributed by atoms with van der Waals surface area (Å²) in [5, 5.41) is 13.6. The molecule has 12 heteroatoms. The van der Waals surface area contributed by atoms with E-state index in [1.54, 1.807) is 48.9 Å². The van der Waals surface area contributed by atoms with Crippen molar-refractivity contribution in [3.63, 3.8) is 0 Å². The van der Waals surface area contributed by atoms with Crippen LogP contribution in [-0.2, 0) is 12.7 Å². The highest BCUT2D eigenvalue weighted by atomic mass is 19.4. The van der Waals surface area contributed by atoms with Crippen molar-refractivity contribution in [1.29, 1.82) is 0 Å². The second-order valence-corrected chi connectivity index (χ2v) is 9.31. The molecule has 0 aliphatic rings. The number of carbonyl (C=O) groups excluding carboxylic acids is 1. The molecule has 0 aliphatic carbocycles. The summed E-state index contributed by atoms with van der Waals surface area (Å²) in [5.74, 6) is 1.17. The average molecular weight is 539 g/mol. The van der Waals surface area contributed by atoms with Gasteiger partial charge < -0.3 is 20.9 Å². The third-order valence-corrected chi connectivity index (χ3v) is 5.88. The van der Waals surface area contributed by atoms with Gasteiger partial charge in [0, 0.05) is 42.7 Å². The van der Waals surface area contributed by atoms with E-state index in [4.69, 9.17) is 0 Å². The second kappa shape index (κ2) is 11.1. The molecule has 0 unspecified atom stereocenters. The highest BCUT2D eigenvalue weighted by Crippen LogP contribution is 2.32. The van der Waals surface area contributed by atoms with Crippen molar-refractivity contribution in [2.45, 2.75) is 26.6 Å². The number of alkyl halides is 3. The van der Waals surface area contributed by atoms with Gasteiger partial charge in [0.2, 0.25) is 0 Å². The monoisotopic (exact) mass is 538 g/mol. The van der Waals surface area contributed by atoms with Crippen LogP contribution in [-0.4, -0.2) is 51.7 Å². The molecule has 39 heavy (non-hydrogen) atoms. The molecule has 2 aromatic carbocycles. The first kappa shape index (κ1) is 27.6. The van der Waals surface area contributed by atoms with Crippen molar-refractivity contribution >= 4 is 28.9 Å². The van der Waals surface area contributed by atoms with Crippen LogP contribution in [0.4, 0.5) is 36.2 Å². The lowest BCUT2D eigenvalue weighted by atomic mass is 10.0. The van der Waals surface area contributed by atoms with Crippen molar-refractivity contribution in [3.8, 4) is 5.82 Å². The molecule has 0 fully saturated rings. The predicted molar refractivity (Wildman–Crippen MR) is 145 cm³/mol. The Morgan fingerprint density at radius 3 is 2.49 bits per heavy atom. The molecule has 3 N–H and O–H groups in total.